The Hall–Kier alpha value is 0.880. The third kappa shape index (κ3) is 2.41. The van der Waals surface area contributed by atoms with Gasteiger partial charge in [-0.15, -0.1) is 0 Å². The van der Waals surface area contributed by atoms with Crippen LogP contribution in [0, 0.1) is 0 Å². The van der Waals surface area contributed by atoms with E-state index in [-0.39, 0.29) is 0 Å². The molecule has 0 aliphatic heterocycles. The van der Waals surface area contributed by atoms with Gasteiger partial charge in [-0.1, -0.05) is 23.2 Å². The molecule has 0 amide bonds. The molecule has 0 radical (unpaired) electrons. The van der Waals surface area contributed by atoms with Crippen molar-refractivity contribution in [3.63, 3.8) is 0 Å². The summed E-state index contributed by atoms with van der Waals surface area (Å²) in [6.45, 7) is 0. The molecule has 0 aromatic rings. The lowest BCUT2D eigenvalue weighted by atomic mass is 11.8. The Morgan fingerprint density at radius 3 is 1.09 bits per heavy atom. The van der Waals surface area contributed by atoms with Gasteiger partial charge in [0.25, 0.3) is 0 Å². The van der Waals surface area contributed by atoms with Gasteiger partial charge in [0.05, 0.1) is 0 Å². The Labute approximate surface area is 71.4 Å². The highest BCUT2D eigenvalue weighted by Gasteiger charge is 2.32. The summed E-state index contributed by atoms with van der Waals surface area (Å²) in [6.07, 6.45) is 0. The topological polar surface area (TPSA) is 126 Å². The van der Waals surface area contributed by atoms with E-state index in [1.807, 2.05) is 0 Å². The molecule has 0 unspecified atom stereocenters. The first-order chi connectivity index (χ1) is 4.50. The molecule has 0 aliphatic rings. The summed E-state index contributed by atoms with van der Waals surface area (Å²) in [5, 5.41) is 0. The molecule has 11 heavy (non-hydrogen) atoms. The second kappa shape index (κ2) is 2.98. The zero-order chi connectivity index (χ0) is 9.50. The highest BCUT2D eigenvalue weighted by molar-refractivity contribution is 7.76. The molecule has 0 bridgehead atoms. The Bertz CT molecular complexity index is 211. The lowest BCUT2D eigenvalue weighted by Gasteiger charge is -2.51. The maximum Gasteiger partial charge on any atom is 0.169 e. The van der Waals surface area contributed by atoms with Crippen molar-refractivity contribution in [2.45, 2.75) is 3.82 Å². The first-order valence-corrected chi connectivity index (χ1v) is 5.76. The van der Waals surface area contributed by atoms with Crippen LogP contribution < -0.4 is 19.6 Å². The van der Waals surface area contributed by atoms with Gasteiger partial charge in [0.15, 0.2) is 3.82 Å². The monoisotopic (exact) mass is 240 g/mol. The van der Waals surface area contributed by atoms with Crippen molar-refractivity contribution in [3.05, 3.63) is 0 Å². The summed E-state index contributed by atoms with van der Waals surface area (Å²) in [7, 11) is -11.7. The minimum absolute atomic E-state index is 3.79. The van der Waals surface area contributed by atoms with Gasteiger partial charge in [-0.25, -0.2) is 0 Å². The van der Waals surface area contributed by atoms with Gasteiger partial charge in [-0.05, 0) is 15.2 Å². The second-order valence-electron chi connectivity index (χ2n) is 1.50. The van der Waals surface area contributed by atoms with Crippen molar-refractivity contribution in [2.75, 3.05) is 0 Å². The van der Waals surface area contributed by atoms with Crippen molar-refractivity contribution in [2.24, 2.45) is 0 Å². The fourth-order valence-electron chi connectivity index (χ4n) is 0.150. The molecule has 0 saturated carbocycles. The van der Waals surface area contributed by atoms with Crippen molar-refractivity contribution in [1.82, 2.24) is 0 Å². The summed E-state index contributed by atoms with van der Waals surface area (Å²) in [5.74, 6) is 0. The van der Waals surface area contributed by atoms with Crippen LogP contribution in [0.25, 0.3) is 0 Å². The van der Waals surface area contributed by atoms with Crippen molar-refractivity contribution >= 4 is 38.4 Å². The van der Waals surface area contributed by atoms with Gasteiger partial charge in [-0.3, -0.25) is 0 Å². The maximum atomic E-state index is 9.94. The number of rotatable bonds is 2. The fourth-order valence-corrected chi connectivity index (χ4v) is 1.35. The first kappa shape index (κ1) is 11.9. The molecule has 0 aromatic heterocycles. The van der Waals surface area contributed by atoms with Gasteiger partial charge >= 0.3 is 0 Å². The third-order valence-corrected chi connectivity index (χ3v) is 5.93. The van der Waals surface area contributed by atoms with Crippen LogP contribution in [0.1, 0.15) is 0 Å². The standard InChI is InChI=1S/CH4Cl2O6P2/c2-1(3,10(4,5)6)11(7,8)9/h(H2,4,5,6)(H2,7,8,9)/p-4. The lowest BCUT2D eigenvalue weighted by Crippen LogP contribution is -2.37. The van der Waals surface area contributed by atoms with Gasteiger partial charge in [0.2, 0.25) is 0 Å². The smallest absolute Gasteiger partial charge is 0.169 e. The van der Waals surface area contributed by atoms with E-state index in [1.54, 1.807) is 0 Å². The van der Waals surface area contributed by atoms with E-state index in [1.165, 1.54) is 0 Å². The molecular formula is CCl2O6P2-4. The number of hydrogen-bond donors (Lipinski definition) is 0. The predicted molar refractivity (Wildman–Crippen MR) is 29.7 cm³/mol. The Morgan fingerprint density at radius 1 is 0.909 bits per heavy atom. The van der Waals surface area contributed by atoms with Crippen LogP contribution in [0.15, 0.2) is 0 Å². The fraction of sp³-hybridized carbons (Fsp3) is 1.00. The molecule has 0 rings (SSSR count). The first-order valence-electron chi connectivity index (χ1n) is 1.92. The molecule has 0 atom stereocenters. The van der Waals surface area contributed by atoms with Crippen molar-refractivity contribution in [3.8, 4) is 0 Å². The number of alkyl halides is 2. The van der Waals surface area contributed by atoms with E-state index >= 15 is 0 Å². The normalized spacial score (nSPS) is 15.1. The summed E-state index contributed by atoms with van der Waals surface area (Å²) < 4.78 is 16.1. The molecule has 0 fully saturated rings. The molecule has 0 heterocycles. The highest BCUT2D eigenvalue weighted by atomic mass is 35.5. The number of halogens is 2. The largest absolute Gasteiger partial charge is 0.808 e. The van der Waals surface area contributed by atoms with Crippen molar-refractivity contribution in [1.29, 1.82) is 0 Å². The van der Waals surface area contributed by atoms with E-state index in [0.717, 1.165) is 0 Å². The van der Waals surface area contributed by atoms with Crippen molar-refractivity contribution < 1.29 is 28.7 Å². The van der Waals surface area contributed by atoms with E-state index in [2.05, 4.69) is 23.2 Å². The van der Waals surface area contributed by atoms with Crippen LogP contribution in [0.2, 0.25) is 0 Å². The summed E-state index contributed by atoms with van der Waals surface area (Å²) in [6, 6.07) is 0. The molecule has 0 aromatic carbocycles. The molecule has 0 spiro atoms. The summed E-state index contributed by atoms with van der Waals surface area (Å²) in [5.41, 5.74) is 0. The van der Waals surface area contributed by atoms with E-state index < -0.39 is 19.0 Å². The maximum absolute atomic E-state index is 9.94. The minimum atomic E-state index is -5.85. The lowest BCUT2D eigenvalue weighted by molar-refractivity contribution is -0.328. The average molecular weight is 241 g/mol. The van der Waals surface area contributed by atoms with E-state index in [0.29, 0.717) is 0 Å². The SMILES string of the molecule is O=P([O-])([O-])C(Cl)(Cl)P(=O)([O-])[O-]. The van der Waals surface area contributed by atoms with Gasteiger partial charge in [-0.2, -0.15) is 0 Å². The van der Waals surface area contributed by atoms with Gasteiger partial charge in [0.1, 0.15) is 0 Å². The summed E-state index contributed by atoms with van der Waals surface area (Å²) >= 11 is 8.96. The van der Waals surface area contributed by atoms with E-state index in [9.17, 15) is 28.7 Å². The average Bonchev–Trinajstić information content (AvgIpc) is 1.58. The highest BCUT2D eigenvalue weighted by Crippen LogP contribution is 2.66. The van der Waals surface area contributed by atoms with Crippen LogP contribution in [-0.2, 0) is 9.13 Å². The molecule has 0 N–H and O–H groups in total. The quantitative estimate of drug-likeness (QED) is 0.402. The minimum Gasteiger partial charge on any atom is -0.808 e. The van der Waals surface area contributed by atoms with Crippen LogP contribution in [0.3, 0.4) is 0 Å². The molecular weight excluding hydrogens is 241 g/mol. The summed E-state index contributed by atoms with van der Waals surface area (Å²) in [4.78, 5) is 39.7. The van der Waals surface area contributed by atoms with Crippen LogP contribution in [0.5, 0.6) is 0 Å². The molecule has 0 saturated heterocycles. The Kier molecular flexibility index (Phi) is 3.22. The zero-order valence-electron chi connectivity index (χ0n) is 4.60. The molecule has 10 heteroatoms. The molecule has 6 nitrogen and oxygen atoms in total. The zero-order valence-corrected chi connectivity index (χ0v) is 7.90. The number of hydrogen-bond acceptors (Lipinski definition) is 6. The van der Waals surface area contributed by atoms with Crippen LogP contribution in [0.4, 0.5) is 0 Å². The Morgan fingerprint density at radius 2 is 1.09 bits per heavy atom. The predicted octanol–water partition coefficient (Wildman–Crippen LogP) is -2.10. The molecule has 68 valence electrons. The molecule has 0 aliphatic carbocycles. The third-order valence-electron chi connectivity index (χ3n) is 0.659. The van der Waals surface area contributed by atoms with Crippen LogP contribution in [-0.4, -0.2) is 3.82 Å². The van der Waals surface area contributed by atoms with Gasteiger partial charge in [0, 0.05) is 0 Å². The van der Waals surface area contributed by atoms with Crippen LogP contribution >= 0.6 is 38.4 Å². The Balaban J connectivity index is 5.08. The second-order valence-corrected chi connectivity index (χ2v) is 7.57. The van der Waals surface area contributed by atoms with E-state index in [4.69, 9.17) is 0 Å². The van der Waals surface area contributed by atoms with Gasteiger partial charge < -0.3 is 28.7 Å².